The van der Waals surface area contributed by atoms with Gasteiger partial charge in [0.05, 0.1) is 38.7 Å². The molecule has 0 saturated heterocycles. The third kappa shape index (κ3) is 7.06. The van der Waals surface area contributed by atoms with Gasteiger partial charge in [-0.15, -0.1) is 24.3 Å². The van der Waals surface area contributed by atoms with Gasteiger partial charge in [0.2, 0.25) is 0 Å². The molecule has 13 aromatic rings. The number of nitrogens with zero attached hydrogens (tertiary/aromatic N) is 5. The van der Waals surface area contributed by atoms with Crippen LogP contribution in [-0.4, -0.2) is 18.7 Å². The fourth-order valence-electron chi connectivity index (χ4n) is 9.53. The molecule has 13 rings (SSSR count). The van der Waals surface area contributed by atoms with Gasteiger partial charge in [-0.1, -0.05) is 175 Å². The van der Waals surface area contributed by atoms with E-state index in [0.717, 1.165) is 61.9 Å². The fraction of sp³-hybridized carbons (Fsp3) is 0.0323. The summed E-state index contributed by atoms with van der Waals surface area (Å²) in [7, 11) is 0. The maximum atomic E-state index is 9.42. The van der Waals surface area contributed by atoms with Crippen LogP contribution in [0.4, 0.5) is 0 Å². The third-order valence-electron chi connectivity index (χ3n) is 12.6. The summed E-state index contributed by atoms with van der Waals surface area (Å²) < 4.78 is 86.9. The van der Waals surface area contributed by atoms with Gasteiger partial charge in [0.1, 0.15) is 5.82 Å². The van der Waals surface area contributed by atoms with Crippen molar-refractivity contribution in [1.82, 2.24) is 18.7 Å². The molecule has 7 heteroatoms. The smallest absolute Gasteiger partial charge is 0.268 e. The molecule has 0 spiro atoms. The number of pyridine rings is 1. The van der Waals surface area contributed by atoms with Gasteiger partial charge in [-0.05, 0) is 81.3 Å². The van der Waals surface area contributed by atoms with Gasteiger partial charge >= 0.3 is 0 Å². The minimum absolute atomic E-state index is 0. The van der Waals surface area contributed by atoms with Gasteiger partial charge in [0.25, 0.3) is 6.33 Å². The monoisotopic (exact) mass is 1070 g/mol. The first kappa shape index (κ1) is 34.0. The van der Waals surface area contributed by atoms with Crippen molar-refractivity contribution in [3.8, 4) is 56.6 Å². The van der Waals surface area contributed by atoms with Crippen LogP contribution in [0.2, 0.25) is 0 Å². The molecule has 0 aliphatic rings. The topological polar surface area (TPSA) is 40.8 Å². The van der Waals surface area contributed by atoms with E-state index >= 15 is 0 Å². The number of para-hydroxylation sites is 6. The Kier molecular flexibility index (Phi) is 8.59. The second kappa shape index (κ2) is 17.4. The molecule has 69 heavy (non-hydrogen) atoms. The molecular weight excluding hydrogens is 1030 g/mol. The van der Waals surface area contributed by atoms with E-state index in [1.54, 1.807) is 18.3 Å². The number of rotatable bonds is 9. The predicted molar refractivity (Wildman–Crippen MR) is 275 cm³/mol. The molecule has 0 amide bonds. The molecule has 0 N–H and O–H groups in total. The first-order valence-electron chi connectivity index (χ1n) is 26.4. The summed E-state index contributed by atoms with van der Waals surface area (Å²) in [6, 6.07) is 57.4. The number of aryl methyl sites for hydroxylation is 1. The molecule has 0 unspecified atom stereocenters. The molecule has 0 saturated carbocycles. The second-order valence-electron chi connectivity index (χ2n) is 16.4. The van der Waals surface area contributed by atoms with Crippen LogP contribution in [0.25, 0.3) is 99.8 Å². The number of aromatic nitrogens is 5. The van der Waals surface area contributed by atoms with Crippen molar-refractivity contribution < 1.29 is 41.3 Å². The molecule has 0 fully saturated rings. The number of fused-ring (bicyclic) bond motifs is 7. The van der Waals surface area contributed by atoms with E-state index < -0.39 is 48.3 Å². The summed E-state index contributed by atoms with van der Waals surface area (Å²) in [5.74, 6) is 1.09. The van der Waals surface area contributed by atoms with E-state index in [2.05, 4.69) is 78.5 Å². The van der Waals surface area contributed by atoms with E-state index in [1.807, 2.05) is 112 Å². The third-order valence-corrected chi connectivity index (χ3v) is 12.6. The minimum Gasteiger partial charge on any atom is -0.510 e. The van der Waals surface area contributed by atoms with Crippen LogP contribution in [0.1, 0.15) is 23.5 Å². The van der Waals surface area contributed by atoms with Crippen LogP contribution in [0.15, 0.2) is 218 Å². The Morgan fingerprint density at radius 2 is 1.22 bits per heavy atom. The van der Waals surface area contributed by atoms with Crippen LogP contribution in [0.3, 0.4) is 0 Å². The van der Waals surface area contributed by atoms with Crippen molar-refractivity contribution in [2.24, 2.45) is 0 Å². The Balaban J connectivity index is 0.00000596. The molecule has 4 heterocycles. The average molecular weight is 1080 g/mol. The summed E-state index contributed by atoms with van der Waals surface area (Å²) in [5.41, 5.74) is 10.1. The van der Waals surface area contributed by atoms with Crippen molar-refractivity contribution in [3.05, 3.63) is 242 Å². The SMILES string of the molecule is [2H]c1c([2H])c([2H])c2c(c1[2H])c1c([2H])c([2H])c([2H])c([2H])c1n2-c1cc(Oc2[c-]c(-n3[c-][n+](-c4c(-c5ccccc5)cccc4-c4ccccc4)c4ccccc43)ccc2)[c-]c2c1c1ccccc1n2-c1cc(CC)ccn1.[Pt]. The summed E-state index contributed by atoms with van der Waals surface area (Å²) >= 11 is 0. The Hall–Kier alpha value is -8.31. The molecule has 9 aromatic carbocycles. The predicted octanol–water partition coefficient (Wildman–Crippen LogP) is 14.6. The van der Waals surface area contributed by atoms with Crippen molar-refractivity contribution in [2.45, 2.75) is 13.3 Å². The largest absolute Gasteiger partial charge is 0.510 e. The number of benzene rings is 9. The van der Waals surface area contributed by atoms with Crippen LogP contribution in [0.5, 0.6) is 11.5 Å². The van der Waals surface area contributed by atoms with Gasteiger partial charge in [-0.2, -0.15) is 12.1 Å². The van der Waals surface area contributed by atoms with Crippen LogP contribution < -0.4 is 9.30 Å². The standard InChI is InChI=1S/C62H41N5O.Pt/c1-2-42-35-36-63-60(37-42)67-55-32-14-11-27-52(55)61-58(66-53-30-12-9-25-50(53)51-26-10-13-31-54(51)66)39-47(40-59(61)67)68-46-24-17-23-45(38-46)64-41-65(57-34-16-15-33-56(57)64)62-48(43-19-5-3-6-20-43)28-18-29-49(62)44-21-7-4-8-22-44;/h3-37,39H,2H2,1H3;/q-2;/i9D,10D,12D,13D,25D,26D,30D,31D;. The van der Waals surface area contributed by atoms with Crippen LogP contribution in [-0.2, 0) is 27.5 Å². The summed E-state index contributed by atoms with van der Waals surface area (Å²) in [6.45, 7) is 2.07. The zero-order chi connectivity index (χ0) is 52.1. The molecule has 0 bridgehead atoms. The first-order valence-corrected chi connectivity index (χ1v) is 22.4. The zero-order valence-electron chi connectivity index (χ0n) is 44.8. The van der Waals surface area contributed by atoms with Crippen molar-refractivity contribution in [3.63, 3.8) is 0 Å². The first-order chi connectivity index (χ1) is 37.0. The van der Waals surface area contributed by atoms with Gasteiger partial charge in [-0.25, -0.2) is 4.98 Å². The normalized spacial score (nSPS) is 13.1. The summed E-state index contributed by atoms with van der Waals surface area (Å²) in [6.07, 6.45) is 6.21. The average Bonchev–Trinajstić information content (AvgIpc) is 4.36. The molecule has 0 atom stereocenters. The van der Waals surface area contributed by atoms with E-state index in [1.165, 1.54) is 4.57 Å². The Morgan fingerprint density at radius 1 is 0.580 bits per heavy atom. The van der Waals surface area contributed by atoms with Gasteiger partial charge in [0.15, 0.2) is 0 Å². The van der Waals surface area contributed by atoms with E-state index in [0.29, 0.717) is 33.8 Å². The number of hydrogen-bond donors (Lipinski definition) is 0. The molecule has 4 aromatic heterocycles. The van der Waals surface area contributed by atoms with Crippen LogP contribution in [0, 0.1) is 18.5 Å². The minimum atomic E-state index is -0.524. The summed E-state index contributed by atoms with van der Waals surface area (Å²) in [5, 5.41) is 1.24. The summed E-state index contributed by atoms with van der Waals surface area (Å²) in [4.78, 5) is 4.85. The number of hydrogen-bond acceptors (Lipinski definition) is 2. The zero-order valence-corrected chi connectivity index (χ0v) is 39.1. The number of imidazole rings is 1. The Bertz CT molecular complexity index is 4400. The Labute approximate surface area is 425 Å². The quantitative estimate of drug-likeness (QED) is 0.107. The van der Waals surface area contributed by atoms with Gasteiger partial charge < -0.3 is 18.4 Å². The van der Waals surface area contributed by atoms with Crippen molar-refractivity contribution >= 4 is 54.6 Å². The fourth-order valence-corrected chi connectivity index (χ4v) is 9.53. The van der Waals surface area contributed by atoms with E-state index in [-0.39, 0.29) is 48.6 Å². The van der Waals surface area contributed by atoms with Crippen molar-refractivity contribution in [2.75, 3.05) is 0 Å². The van der Waals surface area contributed by atoms with E-state index in [4.69, 9.17) is 15.2 Å². The molecule has 332 valence electrons. The second-order valence-corrected chi connectivity index (χ2v) is 16.4. The van der Waals surface area contributed by atoms with Gasteiger partial charge in [-0.3, -0.25) is 4.57 Å². The molecular formula is C62H41N5OPt-2. The molecule has 0 aliphatic carbocycles. The molecule has 0 aliphatic heterocycles. The maximum Gasteiger partial charge on any atom is 0.268 e. The number of ether oxygens (including phenoxy) is 1. The van der Waals surface area contributed by atoms with Crippen LogP contribution >= 0.6 is 0 Å². The Morgan fingerprint density at radius 3 is 1.93 bits per heavy atom. The molecule has 6 nitrogen and oxygen atoms in total. The van der Waals surface area contributed by atoms with E-state index in [9.17, 15) is 5.48 Å². The van der Waals surface area contributed by atoms with Gasteiger partial charge in [0, 0.05) is 55.1 Å². The molecule has 0 radical (unpaired) electrons. The maximum absolute atomic E-state index is 9.42. The van der Waals surface area contributed by atoms with Crippen molar-refractivity contribution in [1.29, 1.82) is 0 Å².